The van der Waals surface area contributed by atoms with Crippen molar-refractivity contribution in [2.24, 2.45) is 0 Å². The van der Waals surface area contributed by atoms with Gasteiger partial charge in [0, 0.05) is 23.6 Å². The fraction of sp³-hybridized carbons (Fsp3) is 0.417. The van der Waals surface area contributed by atoms with Crippen molar-refractivity contribution in [1.82, 2.24) is 9.88 Å². The molecule has 160 valence electrons. The Hall–Kier alpha value is -1.89. The fourth-order valence-corrected chi connectivity index (χ4v) is 5.14. The van der Waals surface area contributed by atoms with Gasteiger partial charge in [0.15, 0.2) is 5.13 Å². The van der Waals surface area contributed by atoms with Crippen LogP contribution >= 0.6 is 23.1 Å². The Morgan fingerprint density at radius 2 is 1.77 bits per heavy atom. The van der Waals surface area contributed by atoms with Gasteiger partial charge in [0.05, 0.1) is 10.2 Å². The van der Waals surface area contributed by atoms with Crippen LogP contribution in [-0.2, 0) is 4.79 Å². The Morgan fingerprint density at radius 1 is 1.03 bits per heavy atom. The molecule has 0 N–H and O–H groups in total. The molecule has 0 aliphatic rings. The van der Waals surface area contributed by atoms with Gasteiger partial charge in [-0.2, -0.15) is 0 Å². The molecule has 6 heteroatoms. The molecule has 1 heterocycles. The fourth-order valence-electron chi connectivity index (χ4n) is 3.23. The van der Waals surface area contributed by atoms with Gasteiger partial charge in [-0.15, -0.1) is 11.8 Å². The average molecular weight is 442 g/mol. The van der Waals surface area contributed by atoms with E-state index in [1.165, 1.54) is 21.6 Å². The van der Waals surface area contributed by atoms with Crippen LogP contribution in [0.5, 0.6) is 0 Å². The summed E-state index contributed by atoms with van der Waals surface area (Å²) >= 11 is 3.36. The second-order valence-corrected chi connectivity index (χ2v) is 10.1. The highest BCUT2D eigenvalue weighted by molar-refractivity contribution is 7.99. The van der Waals surface area contributed by atoms with Gasteiger partial charge in [-0.1, -0.05) is 35.1 Å². The van der Waals surface area contributed by atoms with Gasteiger partial charge in [-0.05, 0) is 77.2 Å². The van der Waals surface area contributed by atoms with Crippen LogP contribution < -0.4 is 4.90 Å². The molecule has 0 atom stereocenters. The van der Waals surface area contributed by atoms with Crippen molar-refractivity contribution in [2.45, 2.75) is 38.5 Å². The van der Waals surface area contributed by atoms with Crippen molar-refractivity contribution >= 4 is 44.4 Å². The van der Waals surface area contributed by atoms with Crippen LogP contribution in [0.4, 0.5) is 5.13 Å². The molecule has 3 aromatic rings. The van der Waals surface area contributed by atoms with Crippen molar-refractivity contribution in [1.29, 1.82) is 0 Å². The summed E-state index contributed by atoms with van der Waals surface area (Å²) in [4.78, 5) is 23.3. The van der Waals surface area contributed by atoms with E-state index >= 15 is 0 Å². The number of rotatable bonds is 9. The number of fused-ring (bicyclic) bond motifs is 1. The van der Waals surface area contributed by atoms with E-state index in [-0.39, 0.29) is 5.91 Å². The number of carbonyl (C=O) groups excluding carboxylic acids is 1. The van der Waals surface area contributed by atoms with Gasteiger partial charge in [0.1, 0.15) is 0 Å². The molecule has 0 aliphatic heterocycles. The number of benzene rings is 2. The van der Waals surface area contributed by atoms with Crippen molar-refractivity contribution in [3.63, 3.8) is 0 Å². The minimum atomic E-state index is 0.154. The van der Waals surface area contributed by atoms with Crippen LogP contribution in [0.3, 0.4) is 0 Å². The number of hydrogen-bond acceptors (Lipinski definition) is 5. The number of anilines is 1. The Bertz CT molecular complexity index is 996. The molecule has 4 nitrogen and oxygen atoms in total. The second kappa shape index (κ2) is 10.4. The molecule has 0 saturated carbocycles. The monoisotopic (exact) mass is 441 g/mol. The number of carbonyl (C=O) groups is 1. The first kappa shape index (κ1) is 22.8. The molecule has 0 fully saturated rings. The highest BCUT2D eigenvalue weighted by Gasteiger charge is 2.20. The number of amides is 1. The van der Waals surface area contributed by atoms with Crippen LogP contribution in [0.15, 0.2) is 41.3 Å². The van der Waals surface area contributed by atoms with E-state index in [0.717, 1.165) is 34.1 Å². The minimum absolute atomic E-state index is 0.154. The maximum atomic E-state index is 13.2. The number of aryl methyl sites for hydroxylation is 3. The van der Waals surface area contributed by atoms with Crippen LogP contribution in [0, 0.1) is 20.8 Å². The summed E-state index contributed by atoms with van der Waals surface area (Å²) in [5.41, 5.74) is 4.71. The summed E-state index contributed by atoms with van der Waals surface area (Å²) in [5.74, 6) is 0.927. The van der Waals surface area contributed by atoms with E-state index in [1.54, 1.807) is 23.1 Å². The van der Waals surface area contributed by atoms with Gasteiger partial charge in [-0.3, -0.25) is 9.69 Å². The molecule has 1 aromatic heterocycles. The Labute approximate surface area is 188 Å². The van der Waals surface area contributed by atoms with Crippen LogP contribution in [-0.4, -0.2) is 48.7 Å². The summed E-state index contributed by atoms with van der Waals surface area (Å²) in [6, 6.07) is 12.7. The van der Waals surface area contributed by atoms with Gasteiger partial charge in [0.2, 0.25) is 5.91 Å². The first-order chi connectivity index (χ1) is 14.3. The van der Waals surface area contributed by atoms with Crippen LogP contribution in [0.2, 0.25) is 0 Å². The second-order valence-electron chi connectivity index (χ2n) is 7.96. The van der Waals surface area contributed by atoms with E-state index in [4.69, 9.17) is 4.98 Å². The molecular weight excluding hydrogens is 410 g/mol. The molecule has 0 unspecified atom stereocenters. The molecule has 0 radical (unpaired) electrons. The van der Waals surface area contributed by atoms with Gasteiger partial charge in [-0.25, -0.2) is 4.98 Å². The summed E-state index contributed by atoms with van der Waals surface area (Å²) in [6.07, 6.45) is 1.44. The van der Waals surface area contributed by atoms with Crippen LogP contribution in [0.1, 0.15) is 29.5 Å². The van der Waals surface area contributed by atoms with Gasteiger partial charge in [0.25, 0.3) is 0 Å². The topological polar surface area (TPSA) is 36.4 Å². The van der Waals surface area contributed by atoms with E-state index in [2.05, 4.69) is 76.2 Å². The normalized spacial score (nSPS) is 11.4. The van der Waals surface area contributed by atoms with Crippen molar-refractivity contribution in [3.05, 3.63) is 53.1 Å². The average Bonchev–Trinajstić information content (AvgIpc) is 3.14. The zero-order valence-corrected chi connectivity index (χ0v) is 20.2. The molecular formula is C24H31N3OS2. The summed E-state index contributed by atoms with van der Waals surface area (Å²) in [5, 5.41) is 0.822. The lowest BCUT2D eigenvalue weighted by atomic mass is 10.1. The lowest BCUT2D eigenvalue weighted by Crippen LogP contribution is -2.33. The molecule has 30 heavy (non-hydrogen) atoms. The van der Waals surface area contributed by atoms with E-state index in [9.17, 15) is 4.79 Å². The third-order valence-corrected chi connectivity index (χ3v) is 7.26. The predicted molar refractivity (Wildman–Crippen MR) is 131 cm³/mol. The van der Waals surface area contributed by atoms with Gasteiger partial charge >= 0.3 is 0 Å². The third-order valence-electron chi connectivity index (χ3n) is 5.20. The maximum absolute atomic E-state index is 13.2. The molecule has 1 amide bonds. The number of nitrogens with zero attached hydrogens (tertiary/aromatic N) is 3. The maximum Gasteiger partial charge on any atom is 0.229 e. The summed E-state index contributed by atoms with van der Waals surface area (Å²) < 4.78 is 1.15. The van der Waals surface area contributed by atoms with E-state index < -0.39 is 0 Å². The Morgan fingerprint density at radius 3 is 2.47 bits per heavy atom. The smallest absolute Gasteiger partial charge is 0.229 e. The largest absolute Gasteiger partial charge is 0.309 e. The predicted octanol–water partition coefficient (Wildman–Crippen LogP) is 5.69. The van der Waals surface area contributed by atoms with Crippen molar-refractivity contribution < 1.29 is 4.79 Å². The quantitative estimate of drug-likeness (QED) is 0.400. The standard InChI is InChI=1S/C24H31N3OS2/c1-17-7-10-20(11-8-17)29-16-13-22(28)27(15-6-14-26(4)5)24-25-23-19(3)18(2)9-12-21(23)30-24/h7-12H,6,13-16H2,1-5H3. The molecule has 0 bridgehead atoms. The SMILES string of the molecule is Cc1ccc(SCCC(=O)N(CCCN(C)C)c2nc3c(C)c(C)ccc3s2)cc1. The van der Waals surface area contributed by atoms with Crippen molar-refractivity contribution in [2.75, 3.05) is 37.8 Å². The summed E-state index contributed by atoms with van der Waals surface area (Å²) in [7, 11) is 4.13. The Balaban J connectivity index is 1.73. The third kappa shape index (κ3) is 5.84. The van der Waals surface area contributed by atoms with Crippen LogP contribution in [0.25, 0.3) is 10.2 Å². The number of aromatic nitrogens is 1. The van der Waals surface area contributed by atoms with E-state index in [1.807, 2.05) is 4.90 Å². The zero-order valence-electron chi connectivity index (χ0n) is 18.6. The molecule has 2 aromatic carbocycles. The Kier molecular flexibility index (Phi) is 7.92. The molecule has 3 rings (SSSR count). The minimum Gasteiger partial charge on any atom is -0.309 e. The summed E-state index contributed by atoms with van der Waals surface area (Å²) in [6.45, 7) is 7.95. The zero-order chi connectivity index (χ0) is 21.7. The highest BCUT2D eigenvalue weighted by Crippen LogP contribution is 2.32. The van der Waals surface area contributed by atoms with Crippen molar-refractivity contribution in [3.8, 4) is 0 Å². The first-order valence-electron chi connectivity index (χ1n) is 10.4. The van der Waals surface area contributed by atoms with Gasteiger partial charge < -0.3 is 4.90 Å². The highest BCUT2D eigenvalue weighted by atomic mass is 32.2. The lowest BCUT2D eigenvalue weighted by Gasteiger charge is -2.21. The number of thiazole rings is 1. The first-order valence-corrected chi connectivity index (χ1v) is 12.2. The number of hydrogen-bond donors (Lipinski definition) is 0. The molecule has 0 saturated heterocycles. The van der Waals surface area contributed by atoms with E-state index in [0.29, 0.717) is 13.0 Å². The molecule has 0 spiro atoms. The number of thioether (sulfide) groups is 1. The lowest BCUT2D eigenvalue weighted by molar-refractivity contribution is -0.118. The molecule has 0 aliphatic carbocycles.